The Morgan fingerprint density at radius 2 is 1.93 bits per heavy atom. The van der Waals surface area contributed by atoms with Crippen LogP contribution in [0.1, 0.15) is 45.7 Å². The number of hydrogen-bond acceptors (Lipinski definition) is 4. The van der Waals surface area contributed by atoms with E-state index in [0.717, 1.165) is 6.42 Å². The summed E-state index contributed by atoms with van der Waals surface area (Å²) in [7, 11) is 0. The van der Waals surface area contributed by atoms with Crippen molar-refractivity contribution in [3.05, 3.63) is 41.1 Å². The minimum absolute atomic E-state index is 0.242. The summed E-state index contributed by atoms with van der Waals surface area (Å²) >= 11 is 5.76. The van der Waals surface area contributed by atoms with Crippen LogP contribution in [0.5, 0.6) is 0 Å². The van der Waals surface area contributed by atoms with Gasteiger partial charge in [-0.3, -0.25) is 9.69 Å². The van der Waals surface area contributed by atoms with Crippen molar-refractivity contribution in [2.45, 2.75) is 45.5 Å². The molecule has 7 nitrogen and oxygen atoms in total. The molecule has 0 bridgehead atoms. The number of urea groups is 1. The molecule has 28 heavy (non-hydrogen) atoms. The van der Waals surface area contributed by atoms with Crippen LogP contribution >= 0.6 is 11.6 Å². The van der Waals surface area contributed by atoms with Gasteiger partial charge in [0.15, 0.2) is 0 Å². The number of carbonyl (C=O) groups is 3. The number of nitrogens with zero attached hydrogens (tertiary/aromatic N) is 1. The second-order valence-corrected chi connectivity index (χ2v) is 7.14. The van der Waals surface area contributed by atoms with Gasteiger partial charge in [0, 0.05) is 17.9 Å². The molecule has 1 aliphatic heterocycles. The maximum atomic E-state index is 12.6. The molecule has 0 fully saturated rings. The summed E-state index contributed by atoms with van der Waals surface area (Å²) in [4.78, 5) is 38.4. The molecule has 8 heteroatoms. The maximum absolute atomic E-state index is 12.6. The minimum atomic E-state index is -0.650. The molecule has 2 atom stereocenters. The van der Waals surface area contributed by atoms with Crippen molar-refractivity contribution in [1.82, 2.24) is 10.2 Å². The highest BCUT2D eigenvalue weighted by atomic mass is 35.5. The van der Waals surface area contributed by atoms with E-state index in [1.165, 1.54) is 0 Å². The molecule has 1 aromatic rings. The zero-order valence-corrected chi connectivity index (χ0v) is 17.3. The molecule has 0 saturated carbocycles. The highest BCUT2D eigenvalue weighted by molar-refractivity contribution is 6.32. The van der Waals surface area contributed by atoms with E-state index in [1.54, 1.807) is 49.9 Å². The van der Waals surface area contributed by atoms with E-state index >= 15 is 0 Å². The Morgan fingerprint density at radius 1 is 1.29 bits per heavy atom. The molecule has 2 rings (SSSR count). The van der Waals surface area contributed by atoms with E-state index in [1.807, 2.05) is 6.92 Å². The number of halogens is 1. The van der Waals surface area contributed by atoms with Crippen LogP contribution in [0.4, 0.5) is 10.5 Å². The third-order valence-electron chi connectivity index (χ3n) is 4.41. The summed E-state index contributed by atoms with van der Waals surface area (Å²) in [6, 6.07) is 6.02. The zero-order chi connectivity index (χ0) is 20.8. The van der Waals surface area contributed by atoms with Crippen LogP contribution in [0.2, 0.25) is 0 Å². The van der Waals surface area contributed by atoms with E-state index in [4.69, 9.17) is 16.3 Å². The Labute approximate surface area is 170 Å². The quantitative estimate of drug-likeness (QED) is 0.534. The van der Waals surface area contributed by atoms with Gasteiger partial charge in [-0.25, -0.2) is 9.59 Å². The van der Waals surface area contributed by atoms with Gasteiger partial charge in [0.1, 0.15) is 5.38 Å². The standard InChI is InChI=1S/C20H26ClN3O4/c1-5-11-24-13(4)16(19(26)28-6-2)17(23-20(24)27)14-7-9-15(10-8-14)22-18(25)12(3)21/h7-10,12,17H,5-6,11H2,1-4H3,(H,22,25)(H,23,27). The first-order valence-corrected chi connectivity index (χ1v) is 9.74. The molecule has 0 saturated heterocycles. The first-order chi connectivity index (χ1) is 13.3. The van der Waals surface area contributed by atoms with Crippen molar-refractivity contribution >= 4 is 35.2 Å². The third-order valence-corrected chi connectivity index (χ3v) is 4.61. The fraction of sp³-hybridized carbons (Fsp3) is 0.450. The number of alkyl halides is 1. The smallest absolute Gasteiger partial charge is 0.338 e. The monoisotopic (exact) mass is 407 g/mol. The second-order valence-electron chi connectivity index (χ2n) is 6.48. The Hall–Kier alpha value is -2.54. The Morgan fingerprint density at radius 3 is 2.46 bits per heavy atom. The lowest BCUT2D eigenvalue weighted by atomic mass is 9.94. The van der Waals surface area contributed by atoms with Crippen molar-refractivity contribution in [3.8, 4) is 0 Å². The van der Waals surface area contributed by atoms with Crippen LogP contribution in [0.3, 0.4) is 0 Å². The molecule has 1 heterocycles. The fourth-order valence-corrected chi connectivity index (χ4v) is 3.05. The van der Waals surface area contributed by atoms with Crippen LogP contribution in [-0.2, 0) is 14.3 Å². The summed E-state index contributed by atoms with van der Waals surface area (Å²) in [5, 5.41) is 4.93. The number of benzene rings is 1. The molecule has 3 amide bonds. The van der Waals surface area contributed by atoms with Gasteiger partial charge in [-0.15, -0.1) is 11.6 Å². The molecule has 0 aliphatic carbocycles. The van der Waals surface area contributed by atoms with Gasteiger partial charge in [-0.2, -0.15) is 0 Å². The van der Waals surface area contributed by atoms with Crippen LogP contribution < -0.4 is 10.6 Å². The lowest BCUT2D eigenvalue weighted by molar-refractivity contribution is -0.139. The maximum Gasteiger partial charge on any atom is 0.338 e. The average Bonchev–Trinajstić information content (AvgIpc) is 2.65. The summed E-state index contributed by atoms with van der Waals surface area (Å²) in [5.74, 6) is -0.766. The van der Waals surface area contributed by atoms with Crippen LogP contribution in [-0.4, -0.2) is 41.3 Å². The summed E-state index contributed by atoms with van der Waals surface area (Å²) in [5.41, 5.74) is 2.28. The van der Waals surface area contributed by atoms with Gasteiger partial charge < -0.3 is 15.4 Å². The van der Waals surface area contributed by atoms with Gasteiger partial charge in [0.2, 0.25) is 5.91 Å². The summed E-state index contributed by atoms with van der Waals surface area (Å²) in [6.45, 7) is 7.80. The normalized spacial score (nSPS) is 17.8. The third kappa shape index (κ3) is 4.84. The van der Waals surface area contributed by atoms with E-state index in [-0.39, 0.29) is 18.5 Å². The fourth-order valence-electron chi connectivity index (χ4n) is 3.00. The number of nitrogens with one attached hydrogen (secondary N) is 2. The largest absolute Gasteiger partial charge is 0.463 e. The van der Waals surface area contributed by atoms with Crippen molar-refractivity contribution in [3.63, 3.8) is 0 Å². The molecular formula is C20H26ClN3O4. The van der Waals surface area contributed by atoms with Crippen molar-refractivity contribution < 1.29 is 19.1 Å². The predicted octanol–water partition coefficient (Wildman–Crippen LogP) is 3.57. The topological polar surface area (TPSA) is 87.7 Å². The first kappa shape index (κ1) is 21.8. The van der Waals surface area contributed by atoms with Crippen molar-refractivity contribution in [2.75, 3.05) is 18.5 Å². The summed E-state index contributed by atoms with van der Waals surface area (Å²) < 4.78 is 5.22. The molecule has 1 aromatic carbocycles. The number of carbonyl (C=O) groups excluding carboxylic acids is 3. The lowest BCUT2D eigenvalue weighted by Gasteiger charge is -2.35. The van der Waals surface area contributed by atoms with Gasteiger partial charge in [0.05, 0.1) is 18.2 Å². The highest BCUT2D eigenvalue weighted by Gasteiger charge is 2.36. The predicted molar refractivity (Wildman–Crippen MR) is 108 cm³/mol. The number of anilines is 1. The molecular weight excluding hydrogens is 382 g/mol. The van der Waals surface area contributed by atoms with E-state index in [2.05, 4.69) is 10.6 Å². The van der Waals surface area contributed by atoms with E-state index < -0.39 is 17.4 Å². The minimum Gasteiger partial charge on any atom is -0.463 e. The average molecular weight is 408 g/mol. The number of rotatable bonds is 7. The number of amides is 3. The van der Waals surface area contributed by atoms with Gasteiger partial charge in [-0.05, 0) is 44.9 Å². The van der Waals surface area contributed by atoms with E-state index in [0.29, 0.717) is 29.1 Å². The SMILES string of the molecule is CCCN1C(=O)NC(c2ccc(NC(=O)C(C)Cl)cc2)C(C(=O)OCC)=C1C. The van der Waals surface area contributed by atoms with Crippen LogP contribution in [0.25, 0.3) is 0 Å². The Balaban J connectivity index is 2.37. The van der Waals surface area contributed by atoms with Crippen LogP contribution in [0, 0.1) is 0 Å². The van der Waals surface area contributed by atoms with Crippen LogP contribution in [0.15, 0.2) is 35.5 Å². The number of esters is 1. The molecule has 1 aliphatic rings. The molecule has 0 aromatic heterocycles. The molecule has 2 N–H and O–H groups in total. The zero-order valence-electron chi connectivity index (χ0n) is 16.5. The highest BCUT2D eigenvalue weighted by Crippen LogP contribution is 2.32. The molecule has 2 unspecified atom stereocenters. The Kier molecular flexibility index (Phi) is 7.45. The number of allylic oxidation sites excluding steroid dienone is 1. The Bertz CT molecular complexity index is 774. The summed E-state index contributed by atoms with van der Waals surface area (Å²) in [6.07, 6.45) is 0.763. The molecule has 152 valence electrons. The number of ether oxygens (including phenoxy) is 1. The van der Waals surface area contributed by atoms with Gasteiger partial charge in [-0.1, -0.05) is 19.1 Å². The number of hydrogen-bond donors (Lipinski definition) is 2. The molecule has 0 radical (unpaired) electrons. The van der Waals surface area contributed by atoms with E-state index in [9.17, 15) is 14.4 Å². The van der Waals surface area contributed by atoms with Gasteiger partial charge >= 0.3 is 12.0 Å². The second kappa shape index (κ2) is 9.59. The van der Waals surface area contributed by atoms with Gasteiger partial charge in [0.25, 0.3) is 0 Å². The lowest BCUT2D eigenvalue weighted by Crippen LogP contribution is -2.48. The molecule has 0 spiro atoms. The van der Waals surface area contributed by atoms with Crippen molar-refractivity contribution in [1.29, 1.82) is 0 Å². The first-order valence-electron chi connectivity index (χ1n) is 9.30. The van der Waals surface area contributed by atoms with Crippen molar-refractivity contribution in [2.24, 2.45) is 0 Å².